The molecule has 0 aromatic carbocycles. The third-order valence-corrected chi connectivity index (χ3v) is 5.54. The Morgan fingerprint density at radius 2 is 1.95 bits per heavy atom. The molecule has 1 rings (SSSR count). The van der Waals surface area contributed by atoms with Crippen LogP contribution in [0.15, 0.2) is 0 Å². The second kappa shape index (κ2) is 7.22. The van der Waals surface area contributed by atoms with Crippen LogP contribution in [0, 0.1) is 13.8 Å². The van der Waals surface area contributed by atoms with Gasteiger partial charge in [-0.25, -0.2) is 8.42 Å². The molecule has 1 N–H and O–H groups in total. The van der Waals surface area contributed by atoms with Gasteiger partial charge in [0.25, 0.3) is 0 Å². The van der Waals surface area contributed by atoms with Crippen molar-refractivity contribution in [2.24, 2.45) is 7.05 Å². The van der Waals surface area contributed by atoms with Crippen LogP contribution in [0.1, 0.15) is 49.7 Å². The largest absolute Gasteiger partial charge is 0.310 e. The van der Waals surface area contributed by atoms with Crippen LogP contribution in [0.2, 0.25) is 0 Å². The highest BCUT2D eigenvalue weighted by Crippen LogP contribution is 2.25. The van der Waals surface area contributed by atoms with Crippen LogP contribution in [0.4, 0.5) is 0 Å². The van der Waals surface area contributed by atoms with Gasteiger partial charge in [0.1, 0.15) is 9.84 Å². The topological polar surface area (TPSA) is 64.0 Å². The van der Waals surface area contributed by atoms with Crippen LogP contribution in [0.3, 0.4) is 0 Å². The molecule has 0 spiro atoms. The van der Waals surface area contributed by atoms with Crippen molar-refractivity contribution in [1.29, 1.82) is 0 Å². The van der Waals surface area contributed by atoms with E-state index in [1.54, 1.807) is 6.92 Å². The van der Waals surface area contributed by atoms with Crippen molar-refractivity contribution >= 4 is 9.84 Å². The number of sulfone groups is 1. The SMILES string of the molecule is CCNC(CCCS(=O)(=O)CC)c1c(C)nn(C)c1C. The average Bonchev–Trinajstić information content (AvgIpc) is 2.62. The highest BCUT2D eigenvalue weighted by Gasteiger charge is 2.20. The maximum absolute atomic E-state index is 11.6. The molecule has 0 saturated carbocycles. The number of nitrogens with one attached hydrogen (secondary N) is 1. The minimum absolute atomic E-state index is 0.181. The Bertz CT molecular complexity index is 535. The molecular weight excluding hydrogens is 274 g/mol. The van der Waals surface area contributed by atoms with E-state index in [-0.39, 0.29) is 17.5 Å². The van der Waals surface area contributed by atoms with Gasteiger partial charge in [0.15, 0.2) is 0 Å². The summed E-state index contributed by atoms with van der Waals surface area (Å²) in [5.74, 6) is 0.494. The van der Waals surface area contributed by atoms with E-state index in [0.29, 0.717) is 6.42 Å². The maximum Gasteiger partial charge on any atom is 0.150 e. The lowest BCUT2D eigenvalue weighted by molar-refractivity contribution is 0.502. The van der Waals surface area contributed by atoms with Crippen molar-refractivity contribution in [2.75, 3.05) is 18.1 Å². The lowest BCUT2D eigenvalue weighted by Crippen LogP contribution is -2.23. The summed E-state index contributed by atoms with van der Waals surface area (Å²) in [6.07, 6.45) is 1.50. The molecule has 0 radical (unpaired) electrons. The summed E-state index contributed by atoms with van der Waals surface area (Å²) < 4.78 is 25.0. The molecule has 0 amide bonds. The molecule has 0 aliphatic rings. The summed E-state index contributed by atoms with van der Waals surface area (Å²) in [5, 5.41) is 7.90. The normalized spacial score (nSPS) is 13.7. The fraction of sp³-hybridized carbons (Fsp3) is 0.786. The Morgan fingerprint density at radius 3 is 2.40 bits per heavy atom. The summed E-state index contributed by atoms with van der Waals surface area (Å²) in [6, 6.07) is 0.181. The molecule has 1 atom stereocenters. The van der Waals surface area contributed by atoms with Crippen LogP contribution >= 0.6 is 0 Å². The summed E-state index contributed by atoms with van der Waals surface area (Å²) in [5.41, 5.74) is 3.38. The van der Waals surface area contributed by atoms with E-state index >= 15 is 0 Å². The van der Waals surface area contributed by atoms with E-state index in [1.165, 1.54) is 5.56 Å². The maximum atomic E-state index is 11.6. The molecule has 5 nitrogen and oxygen atoms in total. The molecule has 0 fully saturated rings. The van der Waals surface area contributed by atoms with E-state index in [4.69, 9.17) is 0 Å². The quantitative estimate of drug-likeness (QED) is 0.796. The second-order valence-corrected chi connectivity index (χ2v) is 7.67. The molecule has 0 aliphatic carbocycles. The lowest BCUT2D eigenvalue weighted by Gasteiger charge is -2.18. The second-order valence-electron chi connectivity index (χ2n) is 5.20. The first-order valence-corrected chi connectivity index (χ1v) is 9.08. The number of hydrogen-bond acceptors (Lipinski definition) is 4. The Labute approximate surface area is 122 Å². The van der Waals surface area contributed by atoms with Crippen molar-refractivity contribution in [3.05, 3.63) is 17.0 Å². The molecule has 1 heterocycles. The van der Waals surface area contributed by atoms with Crippen molar-refractivity contribution in [3.63, 3.8) is 0 Å². The Balaban J connectivity index is 2.79. The van der Waals surface area contributed by atoms with Gasteiger partial charge in [-0.05, 0) is 33.2 Å². The number of aromatic nitrogens is 2. The van der Waals surface area contributed by atoms with E-state index in [9.17, 15) is 8.42 Å². The predicted molar refractivity (Wildman–Crippen MR) is 82.7 cm³/mol. The number of aryl methyl sites for hydroxylation is 2. The summed E-state index contributed by atoms with van der Waals surface area (Å²) >= 11 is 0. The van der Waals surface area contributed by atoms with Gasteiger partial charge in [0.05, 0.1) is 11.4 Å². The van der Waals surface area contributed by atoms with Gasteiger partial charge >= 0.3 is 0 Å². The van der Waals surface area contributed by atoms with Gasteiger partial charge in [-0.1, -0.05) is 13.8 Å². The number of nitrogens with zero attached hydrogens (tertiary/aromatic N) is 2. The van der Waals surface area contributed by atoms with Crippen LogP contribution in [0.5, 0.6) is 0 Å². The van der Waals surface area contributed by atoms with E-state index < -0.39 is 9.84 Å². The third kappa shape index (κ3) is 4.31. The van der Waals surface area contributed by atoms with Gasteiger partial charge < -0.3 is 5.32 Å². The van der Waals surface area contributed by atoms with Crippen LogP contribution in [-0.4, -0.2) is 36.2 Å². The van der Waals surface area contributed by atoms with Gasteiger partial charge in [-0.2, -0.15) is 5.10 Å². The smallest absolute Gasteiger partial charge is 0.150 e. The lowest BCUT2D eigenvalue weighted by atomic mass is 10.0. The molecule has 1 aromatic heterocycles. The first kappa shape index (κ1) is 17.2. The highest BCUT2D eigenvalue weighted by atomic mass is 32.2. The average molecular weight is 301 g/mol. The summed E-state index contributed by atoms with van der Waals surface area (Å²) in [6.45, 7) is 8.69. The van der Waals surface area contributed by atoms with Crippen molar-refractivity contribution < 1.29 is 8.42 Å². The standard InChI is InChI=1S/C14H27N3O2S/c1-6-15-13(9-8-10-20(18,19)7-2)14-11(3)16-17(5)12(14)4/h13,15H,6-10H2,1-5H3. The molecule has 6 heteroatoms. The van der Waals surface area contributed by atoms with Crippen molar-refractivity contribution in [2.45, 2.75) is 46.6 Å². The Morgan fingerprint density at radius 1 is 1.30 bits per heavy atom. The molecule has 0 bridgehead atoms. The Kier molecular flexibility index (Phi) is 6.20. The molecule has 20 heavy (non-hydrogen) atoms. The zero-order valence-corrected chi connectivity index (χ0v) is 14.0. The van der Waals surface area contributed by atoms with Gasteiger partial charge in [-0.15, -0.1) is 0 Å². The molecule has 0 aliphatic heterocycles. The Hall–Kier alpha value is -0.880. The molecule has 116 valence electrons. The zero-order chi connectivity index (χ0) is 15.3. The van der Waals surface area contributed by atoms with Gasteiger partial charge in [0, 0.05) is 30.1 Å². The fourth-order valence-electron chi connectivity index (χ4n) is 2.54. The number of hydrogen-bond donors (Lipinski definition) is 1. The minimum atomic E-state index is -2.88. The van der Waals surface area contributed by atoms with Gasteiger partial charge in [-0.3, -0.25) is 4.68 Å². The monoisotopic (exact) mass is 301 g/mol. The van der Waals surface area contributed by atoms with Crippen LogP contribution in [0.25, 0.3) is 0 Å². The molecule has 1 aromatic rings. The van der Waals surface area contributed by atoms with Gasteiger partial charge in [0.2, 0.25) is 0 Å². The fourth-order valence-corrected chi connectivity index (χ4v) is 3.44. The first-order chi connectivity index (χ1) is 9.32. The van der Waals surface area contributed by atoms with Crippen LogP contribution in [-0.2, 0) is 16.9 Å². The number of rotatable bonds is 8. The molecular formula is C14H27N3O2S. The van der Waals surface area contributed by atoms with E-state index in [1.807, 2.05) is 18.7 Å². The molecule has 1 unspecified atom stereocenters. The highest BCUT2D eigenvalue weighted by molar-refractivity contribution is 7.91. The summed E-state index contributed by atoms with van der Waals surface area (Å²) in [7, 11) is -0.935. The van der Waals surface area contributed by atoms with E-state index in [0.717, 1.165) is 24.4 Å². The predicted octanol–water partition coefficient (Wildman–Crippen LogP) is 1.90. The van der Waals surface area contributed by atoms with Crippen molar-refractivity contribution in [1.82, 2.24) is 15.1 Å². The van der Waals surface area contributed by atoms with E-state index in [2.05, 4.69) is 24.3 Å². The minimum Gasteiger partial charge on any atom is -0.310 e. The zero-order valence-electron chi connectivity index (χ0n) is 13.2. The first-order valence-electron chi connectivity index (χ1n) is 7.26. The molecule has 0 saturated heterocycles. The van der Waals surface area contributed by atoms with Crippen LogP contribution < -0.4 is 5.32 Å². The summed E-state index contributed by atoms with van der Waals surface area (Å²) in [4.78, 5) is 0. The third-order valence-electron chi connectivity index (χ3n) is 3.75. The van der Waals surface area contributed by atoms with Crippen molar-refractivity contribution in [3.8, 4) is 0 Å².